The molecular formula is C9H14N6. The second-order valence-electron chi connectivity index (χ2n) is 3.39. The van der Waals surface area contributed by atoms with Crippen molar-refractivity contribution in [2.75, 3.05) is 5.73 Å². The molecule has 0 amide bonds. The van der Waals surface area contributed by atoms with Gasteiger partial charge in [0.25, 0.3) is 0 Å². The molecule has 0 unspecified atom stereocenters. The minimum absolute atomic E-state index is 0.439. The third-order valence-corrected chi connectivity index (χ3v) is 2.14. The smallest absolute Gasteiger partial charge is 0.165 e. The Hall–Kier alpha value is -1.85. The molecule has 2 aromatic rings. The Balaban J connectivity index is 2.23. The number of nitrogens with zero attached hydrogens (tertiary/aromatic N) is 5. The molecule has 0 aliphatic heterocycles. The number of nitrogen functional groups attached to an aromatic ring is 1. The van der Waals surface area contributed by atoms with Gasteiger partial charge in [-0.15, -0.1) is 5.10 Å². The van der Waals surface area contributed by atoms with Crippen molar-refractivity contribution in [3.63, 3.8) is 0 Å². The molecule has 0 aliphatic rings. The molecule has 15 heavy (non-hydrogen) atoms. The van der Waals surface area contributed by atoms with E-state index < -0.39 is 0 Å². The molecule has 80 valence electrons. The topological polar surface area (TPSA) is 74.5 Å². The van der Waals surface area contributed by atoms with Crippen molar-refractivity contribution in [2.45, 2.75) is 26.9 Å². The van der Waals surface area contributed by atoms with Crippen LogP contribution in [0.5, 0.6) is 0 Å². The Bertz CT molecular complexity index is 455. The van der Waals surface area contributed by atoms with Gasteiger partial charge in [0, 0.05) is 6.54 Å². The standard InChI is InChI=1S/C9H14N6/c1-3-14-8(4-7(2)12-14)6-15-11-5-9(10)13-15/h4-5H,3,6H2,1-2H3,(H2,10,13). The Morgan fingerprint density at radius 1 is 1.40 bits per heavy atom. The minimum Gasteiger partial charge on any atom is -0.381 e. The molecule has 2 N–H and O–H groups in total. The van der Waals surface area contributed by atoms with E-state index in [-0.39, 0.29) is 0 Å². The van der Waals surface area contributed by atoms with Crippen molar-refractivity contribution in [1.82, 2.24) is 24.8 Å². The third-order valence-electron chi connectivity index (χ3n) is 2.14. The van der Waals surface area contributed by atoms with Gasteiger partial charge in [-0.3, -0.25) is 4.68 Å². The van der Waals surface area contributed by atoms with Crippen LogP contribution in [0.25, 0.3) is 0 Å². The number of rotatable bonds is 3. The van der Waals surface area contributed by atoms with Crippen LogP contribution in [-0.2, 0) is 13.1 Å². The molecule has 0 fully saturated rings. The van der Waals surface area contributed by atoms with Gasteiger partial charge in [0.1, 0.15) is 6.54 Å². The van der Waals surface area contributed by atoms with Crippen LogP contribution in [-0.4, -0.2) is 24.8 Å². The number of hydrogen-bond acceptors (Lipinski definition) is 4. The van der Waals surface area contributed by atoms with Gasteiger partial charge < -0.3 is 5.73 Å². The summed E-state index contributed by atoms with van der Waals surface area (Å²) in [6, 6.07) is 2.03. The summed E-state index contributed by atoms with van der Waals surface area (Å²) in [5.74, 6) is 0.439. The second kappa shape index (κ2) is 3.72. The van der Waals surface area contributed by atoms with Gasteiger partial charge >= 0.3 is 0 Å². The van der Waals surface area contributed by atoms with Gasteiger partial charge in [0.05, 0.1) is 17.6 Å². The number of aryl methyl sites for hydroxylation is 2. The van der Waals surface area contributed by atoms with Crippen molar-refractivity contribution < 1.29 is 0 Å². The van der Waals surface area contributed by atoms with Gasteiger partial charge in [0.2, 0.25) is 0 Å². The average Bonchev–Trinajstić information content (AvgIpc) is 2.73. The Labute approximate surface area is 87.7 Å². The molecule has 6 heteroatoms. The van der Waals surface area contributed by atoms with Crippen molar-refractivity contribution in [1.29, 1.82) is 0 Å². The Kier molecular flexibility index (Phi) is 2.40. The lowest BCUT2D eigenvalue weighted by Gasteiger charge is -2.02. The first-order chi connectivity index (χ1) is 7.19. The van der Waals surface area contributed by atoms with E-state index in [1.165, 1.54) is 0 Å². The zero-order valence-corrected chi connectivity index (χ0v) is 8.88. The highest BCUT2D eigenvalue weighted by molar-refractivity contribution is 5.19. The quantitative estimate of drug-likeness (QED) is 0.790. The van der Waals surface area contributed by atoms with Gasteiger partial charge in [-0.2, -0.15) is 15.0 Å². The number of anilines is 1. The first kappa shape index (κ1) is 9.70. The molecule has 2 aromatic heterocycles. The summed E-state index contributed by atoms with van der Waals surface area (Å²) >= 11 is 0. The first-order valence-electron chi connectivity index (χ1n) is 4.88. The highest BCUT2D eigenvalue weighted by Gasteiger charge is 2.05. The zero-order valence-electron chi connectivity index (χ0n) is 8.88. The van der Waals surface area contributed by atoms with Gasteiger partial charge in [-0.25, -0.2) is 0 Å². The van der Waals surface area contributed by atoms with Crippen LogP contribution >= 0.6 is 0 Å². The lowest BCUT2D eigenvalue weighted by atomic mass is 10.4. The Morgan fingerprint density at radius 2 is 2.20 bits per heavy atom. The molecule has 0 saturated carbocycles. The van der Waals surface area contributed by atoms with E-state index >= 15 is 0 Å². The SMILES string of the molecule is CCn1nc(C)cc1Cn1ncc(N)n1. The van der Waals surface area contributed by atoms with E-state index in [1.807, 2.05) is 17.7 Å². The highest BCUT2D eigenvalue weighted by Crippen LogP contribution is 2.05. The second-order valence-corrected chi connectivity index (χ2v) is 3.39. The molecular weight excluding hydrogens is 192 g/mol. The van der Waals surface area contributed by atoms with Crippen molar-refractivity contribution >= 4 is 5.82 Å². The molecule has 0 aliphatic carbocycles. The summed E-state index contributed by atoms with van der Waals surface area (Å²) in [4.78, 5) is 1.57. The van der Waals surface area contributed by atoms with Gasteiger partial charge in [-0.1, -0.05) is 0 Å². The summed E-state index contributed by atoms with van der Waals surface area (Å²) in [7, 11) is 0. The zero-order chi connectivity index (χ0) is 10.8. The lowest BCUT2D eigenvalue weighted by molar-refractivity contribution is 0.535. The summed E-state index contributed by atoms with van der Waals surface area (Å²) in [6.07, 6.45) is 1.54. The van der Waals surface area contributed by atoms with E-state index in [4.69, 9.17) is 5.73 Å². The van der Waals surface area contributed by atoms with Crippen molar-refractivity contribution in [3.05, 3.63) is 23.7 Å². The van der Waals surface area contributed by atoms with Crippen LogP contribution in [0, 0.1) is 6.92 Å². The fourth-order valence-corrected chi connectivity index (χ4v) is 1.53. The van der Waals surface area contributed by atoms with Crippen LogP contribution in [0.2, 0.25) is 0 Å². The predicted molar refractivity (Wildman–Crippen MR) is 56.2 cm³/mol. The van der Waals surface area contributed by atoms with Gasteiger partial charge in [-0.05, 0) is 19.9 Å². The van der Waals surface area contributed by atoms with E-state index in [9.17, 15) is 0 Å². The highest BCUT2D eigenvalue weighted by atomic mass is 15.5. The molecule has 2 heterocycles. The van der Waals surface area contributed by atoms with Crippen LogP contribution in [0.4, 0.5) is 5.82 Å². The summed E-state index contributed by atoms with van der Waals surface area (Å²) in [6.45, 7) is 5.48. The number of aromatic nitrogens is 5. The maximum atomic E-state index is 5.49. The van der Waals surface area contributed by atoms with E-state index in [0.717, 1.165) is 17.9 Å². The number of hydrogen-bond donors (Lipinski definition) is 1. The van der Waals surface area contributed by atoms with Gasteiger partial charge in [0.15, 0.2) is 5.82 Å². The van der Waals surface area contributed by atoms with E-state index in [0.29, 0.717) is 12.4 Å². The van der Waals surface area contributed by atoms with Crippen LogP contribution < -0.4 is 5.73 Å². The monoisotopic (exact) mass is 206 g/mol. The van der Waals surface area contributed by atoms with Crippen LogP contribution in [0.15, 0.2) is 12.3 Å². The maximum absolute atomic E-state index is 5.49. The molecule has 0 spiro atoms. The number of nitrogens with two attached hydrogens (primary N) is 1. The van der Waals surface area contributed by atoms with E-state index in [1.54, 1.807) is 11.0 Å². The maximum Gasteiger partial charge on any atom is 0.165 e. The minimum atomic E-state index is 0.439. The molecule has 2 rings (SSSR count). The molecule has 0 aromatic carbocycles. The summed E-state index contributed by atoms with van der Waals surface area (Å²) in [5, 5.41) is 12.4. The average molecular weight is 206 g/mol. The lowest BCUT2D eigenvalue weighted by Crippen LogP contribution is -2.10. The summed E-state index contributed by atoms with van der Waals surface area (Å²) < 4.78 is 1.94. The molecule has 0 radical (unpaired) electrons. The first-order valence-corrected chi connectivity index (χ1v) is 4.88. The third kappa shape index (κ3) is 1.98. The fraction of sp³-hybridized carbons (Fsp3) is 0.444. The Morgan fingerprint density at radius 3 is 2.80 bits per heavy atom. The molecule has 0 bridgehead atoms. The van der Waals surface area contributed by atoms with Crippen molar-refractivity contribution in [3.8, 4) is 0 Å². The largest absolute Gasteiger partial charge is 0.381 e. The normalized spacial score (nSPS) is 10.8. The van der Waals surface area contributed by atoms with Crippen molar-refractivity contribution in [2.24, 2.45) is 0 Å². The predicted octanol–water partition coefficient (Wildman–Crippen LogP) is 0.433. The molecule has 0 saturated heterocycles. The van der Waals surface area contributed by atoms with Crippen LogP contribution in [0.3, 0.4) is 0 Å². The summed E-state index contributed by atoms with van der Waals surface area (Å²) in [5.41, 5.74) is 7.59. The molecule has 0 atom stereocenters. The fourth-order valence-electron chi connectivity index (χ4n) is 1.53. The molecule has 6 nitrogen and oxygen atoms in total. The van der Waals surface area contributed by atoms with Crippen LogP contribution in [0.1, 0.15) is 18.3 Å². The van der Waals surface area contributed by atoms with E-state index in [2.05, 4.69) is 22.2 Å².